The summed E-state index contributed by atoms with van der Waals surface area (Å²) in [7, 11) is 0. The Morgan fingerprint density at radius 3 is 2.12 bits per heavy atom. The lowest BCUT2D eigenvalue weighted by molar-refractivity contribution is 0.220. The molecule has 1 aromatic carbocycles. The summed E-state index contributed by atoms with van der Waals surface area (Å²) in [4.78, 5) is 3.89. The van der Waals surface area contributed by atoms with Crippen LogP contribution in [0.25, 0.3) is 0 Å². The molecule has 1 heterocycles. The van der Waals surface area contributed by atoms with E-state index in [4.69, 9.17) is 5.26 Å². The van der Waals surface area contributed by atoms with Gasteiger partial charge in [0.05, 0.1) is 11.6 Å². The summed E-state index contributed by atoms with van der Waals surface area (Å²) in [6.45, 7) is 0. The van der Waals surface area contributed by atoms with Crippen LogP contribution in [0.15, 0.2) is 48.8 Å². The first-order valence-corrected chi connectivity index (χ1v) is 4.89. The number of nitriles is 1. The molecule has 0 aliphatic carbocycles. The molecule has 0 amide bonds. The van der Waals surface area contributed by atoms with Gasteiger partial charge in [-0.1, -0.05) is 12.1 Å². The molecule has 0 radical (unpaired) electrons. The SMILES string of the molecule is N#Cc1ccc([C@H](O)c2ccncc2)cc1. The lowest BCUT2D eigenvalue weighted by Gasteiger charge is -2.10. The van der Waals surface area contributed by atoms with Crippen LogP contribution in [0, 0.1) is 11.3 Å². The molecule has 0 bridgehead atoms. The second-order valence-electron chi connectivity index (χ2n) is 3.42. The molecule has 2 aromatic rings. The zero-order valence-electron chi connectivity index (χ0n) is 8.54. The number of hydrogen-bond donors (Lipinski definition) is 1. The normalized spacial score (nSPS) is 11.8. The van der Waals surface area contributed by atoms with Crippen LogP contribution in [0.1, 0.15) is 22.8 Å². The average molecular weight is 210 g/mol. The third kappa shape index (κ3) is 2.08. The zero-order valence-corrected chi connectivity index (χ0v) is 8.54. The van der Waals surface area contributed by atoms with Crippen molar-refractivity contribution in [2.24, 2.45) is 0 Å². The summed E-state index contributed by atoms with van der Waals surface area (Å²) >= 11 is 0. The van der Waals surface area contributed by atoms with Crippen molar-refractivity contribution in [3.05, 3.63) is 65.5 Å². The molecule has 0 fully saturated rings. The van der Waals surface area contributed by atoms with Crippen LogP contribution in [-0.4, -0.2) is 10.1 Å². The largest absolute Gasteiger partial charge is 0.384 e. The molecule has 78 valence electrons. The van der Waals surface area contributed by atoms with Gasteiger partial charge >= 0.3 is 0 Å². The van der Waals surface area contributed by atoms with Crippen LogP contribution >= 0.6 is 0 Å². The topological polar surface area (TPSA) is 56.9 Å². The van der Waals surface area contributed by atoms with Crippen molar-refractivity contribution in [3.63, 3.8) is 0 Å². The fourth-order valence-corrected chi connectivity index (χ4v) is 1.48. The van der Waals surface area contributed by atoms with Gasteiger partial charge in [-0.3, -0.25) is 4.98 Å². The Morgan fingerprint density at radius 1 is 1.00 bits per heavy atom. The molecule has 0 saturated carbocycles. The summed E-state index contributed by atoms with van der Waals surface area (Å²) < 4.78 is 0. The number of aromatic nitrogens is 1. The van der Waals surface area contributed by atoms with Gasteiger partial charge in [0.2, 0.25) is 0 Å². The fourth-order valence-electron chi connectivity index (χ4n) is 1.48. The Labute approximate surface area is 93.6 Å². The van der Waals surface area contributed by atoms with Gasteiger partial charge in [-0.05, 0) is 35.4 Å². The maximum atomic E-state index is 10.0. The minimum absolute atomic E-state index is 0.589. The minimum Gasteiger partial charge on any atom is -0.384 e. The van der Waals surface area contributed by atoms with Gasteiger partial charge in [0, 0.05) is 12.4 Å². The highest BCUT2D eigenvalue weighted by Gasteiger charge is 2.09. The molecule has 1 N–H and O–H groups in total. The van der Waals surface area contributed by atoms with Crippen molar-refractivity contribution < 1.29 is 5.11 Å². The quantitative estimate of drug-likeness (QED) is 0.825. The second kappa shape index (κ2) is 4.56. The lowest BCUT2D eigenvalue weighted by atomic mass is 10.0. The number of pyridine rings is 1. The Bertz CT molecular complexity index is 500. The lowest BCUT2D eigenvalue weighted by Crippen LogP contribution is -1.99. The van der Waals surface area contributed by atoms with E-state index < -0.39 is 6.10 Å². The van der Waals surface area contributed by atoms with Gasteiger partial charge in [-0.2, -0.15) is 5.26 Å². The summed E-state index contributed by atoms with van der Waals surface area (Å²) in [6.07, 6.45) is 2.61. The van der Waals surface area contributed by atoms with E-state index in [0.717, 1.165) is 11.1 Å². The van der Waals surface area contributed by atoms with Crippen LogP contribution in [0.2, 0.25) is 0 Å². The molecule has 1 aromatic heterocycles. The summed E-state index contributed by atoms with van der Waals surface area (Å²) in [5, 5.41) is 18.7. The van der Waals surface area contributed by atoms with Gasteiger partial charge in [-0.25, -0.2) is 0 Å². The number of nitrogens with zero attached hydrogens (tertiary/aromatic N) is 2. The predicted octanol–water partition coefficient (Wildman–Crippen LogP) is 2.03. The fraction of sp³-hybridized carbons (Fsp3) is 0.0769. The first-order chi connectivity index (χ1) is 7.81. The second-order valence-corrected chi connectivity index (χ2v) is 3.42. The van der Waals surface area contributed by atoms with E-state index >= 15 is 0 Å². The summed E-state index contributed by atoms with van der Waals surface area (Å²) in [5.41, 5.74) is 2.15. The summed E-state index contributed by atoms with van der Waals surface area (Å²) in [6, 6.07) is 12.5. The van der Waals surface area contributed by atoms with Gasteiger partial charge < -0.3 is 5.11 Å². The number of rotatable bonds is 2. The minimum atomic E-state index is -0.671. The van der Waals surface area contributed by atoms with E-state index in [1.807, 2.05) is 6.07 Å². The Balaban J connectivity index is 2.28. The Morgan fingerprint density at radius 2 is 1.56 bits per heavy atom. The van der Waals surface area contributed by atoms with E-state index in [0.29, 0.717) is 5.56 Å². The van der Waals surface area contributed by atoms with Crippen LogP contribution in [0.3, 0.4) is 0 Å². The maximum absolute atomic E-state index is 10.0. The number of aliphatic hydroxyl groups is 1. The molecule has 0 unspecified atom stereocenters. The van der Waals surface area contributed by atoms with Gasteiger partial charge in [0.1, 0.15) is 6.10 Å². The van der Waals surface area contributed by atoms with Gasteiger partial charge in [0.25, 0.3) is 0 Å². The van der Waals surface area contributed by atoms with Crippen molar-refractivity contribution in [3.8, 4) is 6.07 Å². The summed E-state index contributed by atoms with van der Waals surface area (Å²) in [5.74, 6) is 0. The van der Waals surface area contributed by atoms with Crippen molar-refractivity contribution in [1.29, 1.82) is 5.26 Å². The van der Waals surface area contributed by atoms with Crippen LogP contribution in [0.4, 0.5) is 0 Å². The number of hydrogen-bond acceptors (Lipinski definition) is 3. The van der Waals surface area contributed by atoms with Crippen LogP contribution < -0.4 is 0 Å². The average Bonchev–Trinajstić information content (AvgIpc) is 2.39. The Hall–Kier alpha value is -2.18. The molecule has 3 nitrogen and oxygen atoms in total. The number of benzene rings is 1. The van der Waals surface area contributed by atoms with Crippen molar-refractivity contribution in [1.82, 2.24) is 4.98 Å². The van der Waals surface area contributed by atoms with E-state index in [9.17, 15) is 5.11 Å². The van der Waals surface area contributed by atoms with Crippen LogP contribution in [0.5, 0.6) is 0 Å². The standard InChI is InChI=1S/C13H10N2O/c14-9-10-1-3-11(4-2-10)13(16)12-5-7-15-8-6-12/h1-8,13,16H/t13-/m0/s1. The van der Waals surface area contributed by atoms with Gasteiger partial charge in [-0.15, -0.1) is 0 Å². The molecule has 0 aliphatic heterocycles. The first-order valence-electron chi connectivity index (χ1n) is 4.89. The molecule has 16 heavy (non-hydrogen) atoms. The molecule has 1 atom stereocenters. The molecular formula is C13H10N2O. The molecule has 2 rings (SSSR count). The monoisotopic (exact) mass is 210 g/mol. The highest BCUT2D eigenvalue weighted by Crippen LogP contribution is 2.21. The van der Waals surface area contributed by atoms with Crippen molar-refractivity contribution in [2.45, 2.75) is 6.10 Å². The maximum Gasteiger partial charge on any atom is 0.104 e. The number of aliphatic hydroxyl groups excluding tert-OH is 1. The van der Waals surface area contributed by atoms with E-state index in [-0.39, 0.29) is 0 Å². The molecular weight excluding hydrogens is 200 g/mol. The highest BCUT2D eigenvalue weighted by molar-refractivity contribution is 5.35. The van der Waals surface area contributed by atoms with E-state index in [2.05, 4.69) is 4.98 Å². The van der Waals surface area contributed by atoms with Crippen molar-refractivity contribution in [2.75, 3.05) is 0 Å². The smallest absolute Gasteiger partial charge is 0.104 e. The van der Waals surface area contributed by atoms with Crippen molar-refractivity contribution >= 4 is 0 Å². The third-order valence-corrected chi connectivity index (χ3v) is 2.38. The van der Waals surface area contributed by atoms with E-state index in [1.54, 1.807) is 48.8 Å². The van der Waals surface area contributed by atoms with Gasteiger partial charge in [0.15, 0.2) is 0 Å². The third-order valence-electron chi connectivity index (χ3n) is 2.38. The predicted molar refractivity (Wildman–Crippen MR) is 59.5 cm³/mol. The molecule has 3 heteroatoms. The first kappa shape index (κ1) is 10.3. The molecule has 0 saturated heterocycles. The molecule has 0 aliphatic rings. The Kier molecular flexibility index (Phi) is 2.95. The zero-order chi connectivity index (χ0) is 11.4. The molecule has 0 spiro atoms. The highest BCUT2D eigenvalue weighted by atomic mass is 16.3. The van der Waals surface area contributed by atoms with E-state index in [1.165, 1.54) is 0 Å². The van der Waals surface area contributed by atoms with Crippen LogP contribution in [-0.2, 0) is 0 Å².